The molecule has 3 atom stereocenters. The molecule has 3 N–H and O–H groups in total. The molecule has 2 saturated heterocycles. The van der Waals surface area contributed by atoms with Crippen molar-refractivity contribution in [2.45, 2.75) is 70.7 Å². The number of nitrogens with one attached hydrogen (secondary N) is 3. The topological polar surface area (TPSA) is 57.7 Å². The lowest BCUT2D eigenvalue weighted by molar-refractivity contribution is 0.0992. The number of nitrogens with zero attached hydrogens (tertiary/aromatic N) is 1. The highest BCUT2D eigenvalue weighted by molar-refractivity contribution is 14.0. The van der Waals surface area contributed by atoms with Gasteiger partial charge in [-0.25, -0.2) is 0 Å². The molecule has 2 aliphatic heterocycles. The van der Waals surface area contributed by atoms with Crippen molar-refractivity contribution >= 4 is 29.9 Å². The highest BCUT2D eigenvalue weighted by atomic mass is 127. The van der Waals surface area contributed by atoms with E-state index in [2.05, 4.69) is 48.6 Å². The molecule has 6 heteroatoms. The Labute approximate surface area is 146 Å². The zero-order valence-electron chi connectivity index (χ0n) is 13.7. The van der Waals surface area contributed by atoms with Crippen molar-refractivity contribution in [1.29, 1.82) is 0 Å². The van der Waals surface area contributed by atoms with Gasteiger partial charge in [-0.15, -0.1) is 24.0 Å². The molecule has 0 aliphatic carbocycles. The Hall–Kier alpha value is -0.0800. The number of aliphatic imine (C=N–C) groups is 1. The Morgan fingerprint density at radius 1 is 1.29 bits per heavy atom. The van der Waals surface area contributed by atoms with Gasteiger partial charge >= 0.3 is 0 Å². The van der Waals surface area contributed by atoms with Gasteiger partial charge in [-0.05, 0) is 47.0 Å². The Balaban J connectivity index is 0.00000220. The van der Waals surface area contributed by atoms with Crippen LogP contribution in [0.15, 0.2) is 4.99 Å². The summed E-state index contributed by atoms with van der Waals surface area (Å²) < 4.78 is 5.88. The second-order valence-corrected chi connectivity index (χ2v) is 6.80. The Kier molecular flexibility index (Phi) is 7.70. The van der Waals surface area contributed by atoms with Crippen LogP contribution in [-0.2, 0) is 4.74 Å². The van der Waals surface area contributed by atoms with E-state index in [1.165, 1.54) is 12.8 Å². The zero-order valence-corrected chi connectivity index (χ0v) is 16.1. The van der Waals surface area contributed by atoms with Gasteiger partial charge in [0.15, 0.2) is 5.96 Å². The quantitative estimate of drug-likeness (QED) is 0.280. The molecule has 2 heterocycles. The van der Waals surface area contributed by atoms with Crippen LogP contribution in [0.1, 0.15) is 47.0 Å². The van der Waals surface area contributed by atoms with Crippen molar-refractivity contribution in [3.05, 3.63) is 0 Å². The minimum absolute atomic E-state index is 0. The molecular weight excluding hydrogens is 379 g/mol. The molecule has 2 bridgehead atoms. The molecule has 0 aromatic carbocycles. The van der Waals surface area contributed by atoms with E-state index >= 15 is 0 Å². The number of hydrogen-bond acceptors (Lipinski definition) is 3. The smallest absolute Gasteiger partial charge is 0.191 e. The number of ether oxygens (including phenoxy) is 1. The molecule has 21 heavy (non-hydrogen) atoms. The third kappa shape index (κ3) is 6.28. The molecule has 0 radical (unpaired) electrons. The maximum Gasteiger partial charge on any atom is 0.191 e. The SMILES string of the molecule is CCNC(=NCCNC(C)(C)C)NC1CC2CCC1O2.I. The average molecular weight is 410 g/mol. The average Bonchev–Trinajstić information content (AvgIpc) is 2.95. The number of rotatable bonds is 5. The van der Waals surface area contributed by atoms with Gasteiger partial charge in [0.05, 0.1) is 24.8 Å². The molecule has 2 rings (SSSR count). The third-order valence-corrected chi connectivity index (χ3v) is 3.81. The van der Waals surface area contributed by atoms with Crippen molar-refractivity contribution < 1.29 is 4.74 Å². The molecule has 0 amide bonds. The molecule has 124 valence electrons. The lowest BCUT2D eigenvalue weighted by Crippen LogP contribution is -2.47. The van der Waals surface area contributed by atoms with Crippen LogP contribution in [0.25, 0.3) is 0 Å². The van der Waals surface area contributed by atoms with Gasteiger partial charge in [-0.1, -0.05) is 0 Å². The first-order chi connectivity index (χ1) is 9.48. The Bertz CT molecular complexity index is 343. The van der Waals surface area contributed by atoms with Crippen LogP contribution in [0.2, 0.25) is 0 Å². The van der Waals surface area contributed by atoms with Crippen molar-refractivity contribution in [3.63, 3.8) is 0 Å². The van der Waals surface area contributed by atoms with Crippen LogP contribution in [0.3, 0.4) is 0 Å². The summed E-state index contributed by atoms with van der Waals surface area (Å²) in [6, 6.07) is 0.433. The molecule has 0 aromatic rings. The summed E-state index contributed by atoms with van der Waals surface area (Å²) in [5.74, 6) is 0.921. The first kappa shape index (κ1) is 19.0. The van der Waals surface area contributed by atoms with Gasteiger partial charge in [0.2, 0.25) is 0 Å². The first-order valence-electron chi connectivity index (χ1n) is 7.93. The van der Waals surface area contributed by atoms with Crippen molar-refractivity contribution in [3.8, 4) is 0 Å². The van der Waals surface area contributed by atoms with E-state index in [1.807, 2.05) is 0 Å². The van der Waals surface area contributed by atoms with E-state index in [4.69, 9.17) is 4.74 Å². The third-order valence-electron chi connectivity index (χ3n) is 3.81. The summed E-state index contributed by atoms with van der Waals surface area (Å²) in [7, 11) is 0. The van der Waals surface area contributed by atoms with Gasteiger partial charge < -0.3 is 20.7 Å². The van der Waals surface area contributed by atoms with Crippen molar-refractivity contribution in [1.82, 2.24) is 16.0 Å². The van der Waals surface area contributed by atoms with Crippen LogP contribution in [0, 0.1) is 0 Å². The molecule has 0 saturated carbocycles. The summed E-state index contributed by atoms with van der Waals surface area (Å²) in [5.41, 5.74) is 0.153. The fourth-order valence-corrected chi connectivity index (χ4v) is 2.88. The number of hydrogen-bond donors (Lipinski definition) is 3. The molecule has 2 aliphatic rings. The molecule has 3 unspecified atom stereocenters. The van der Waals surface area contributed by atoms with E-state index < -0.39 is 0 Å². The number of halogens is 1. The maximum atomic E-state index is 5.88. The van der Waals surface area contributed by atoms with Crippen LogP contribution in [0.5, 0.6) is 0 Å². The van der Waals surface area contributed by atoms with Gasteiger partial charge in [0.1, 0.15) is 0 Å². The number of guanidine groups is 1. The standard InChI is InChI=1S/C15H30N4O.HI/c1-5-16-14(17-8-9-18-15(2,3)4)19-12-10-11-6-7-13(12)20-11;/h11-13,18H,5-10H2,1-4H3,(H2,16,17,19);1H. The summed E-state index contributed by atoms with van der Waals surface area (Å²) in [6.07, 6.45) is 4.40. The molecule has 0 spiro atoms. The Morgan fingerprint density at radius 2 is 2.05 bits per heavy atom. The zero-order chi connectivity index (χ0) is 14.6. The molecular formula is C15H31IN4O. The van der Waals surface area contributed by atoms with E-state index in [0.717, 1.165) is 32.0 Å². The molecule has 2 fully saturated rings. The highest BCUT2D eigenvalue weighted by Gasteiger charge is 2.41. The second kappa shape index (κ2) is 8.53. The minimum Gasteiger partial charge on any atom is -0.373 e. The van der Waals surface area contributed by atoms with Gasteiger partial charge in [-0.3, -0.25) is 4.99 Å². The predicted octanol–water partition coefficient (Wildman–Crippen LogP) is 1.87. The summed E-state index contributed by atoms with van der Waals surface area (Å²) in [5, 5.41) is 10.3. The van der Waals surface area contributed by atoms with Crippen LogP contribution in [0.4, 0.5) is 0 Å². The van der Waals surface area contributed by atoms with Crippen LogP contribution < -0.4 is 16.0 Å². The highest BCUT2D eigenvalue weighted by Crippen LogP contribution is 2.34. The number of fused-ring (bicyclic) bond motifs is 2. The lowest BCUT2D eigenvalue weighted by Gasteiger charge is -2.23. The largest absolute Gasteiger partial charge is 0.373 e. The van der Waals surface area contributed by atoms with Gasteiger partial charge in [-0.2, -0.15) is 0 Å². The normalized spacial score (nSPS) is 28.4. The maximum absolute atomic E-state index is 5.88. The van der Waals surface area contributed by atoms with E-state index in [9.17, 15) is 0 Å². The van der Waals surface area contributed by atoms with Crippen molar-refractivity contribution in [2.24, 2.45) is 4.99 Å². The van der Waals surface area contributed by atoms with Gasteiger partial charge in [0.25, 0.3) is 0 Å². The fourth-order valence-electron chi connectivity index (χ4n) is 2.88. The molecule has 5 nitrogen and oxygen atoms in total. The van der Waals surface area contributed by atoms with Crippen LogP contribution in [-0.4, -0.2) is 49.4 Å². The minimum atomic E-state index is 0. The van der Waals surface area contributed by atoms with Crippen molar-refractivity contribution in [2.75, 3.05) is 19.6 Å². The first-order valence-corrected chi connectivity index (χ1v) is 7.93. The Morgan fingerprint density at radius 3 is 2.57 bits per heavy atom. The fraction of sp³-hybridized carbons (Fsp3) is 0.933. The van der Waals surface area contributed by atoms with Gasteiger partial charge in [0, 0.05) is 18.6 Å². The van der Waals surface area contributed by atoms with E-state index in [0.29, 0.717) is 18.2 Å². The summed E-state index contributed by atoms with van der Waals surface area (Å²) in [4.78, 5) is 4.64. The van der Waals surface area contributed by atoms with Crippen LogP contribution >= 0.6 is 24.0 Å². The van der Waals surface area contributed by atoms with E-state index in [-0.39, 0.29) is 29.5 Å². The monoisotopic (exact) mass is 410 g/mol. The molecule has 0 aromatic heterocycles. The van der Waals surface area contributed by atoms with E-state index in [1.54, 1.807) is 0 Å². The summed E-state index contributed by atoms with van der Waals surface area (Å²) in [6.45, 7) is 11.2. The summed E-state index contributed by atoms with van der Waals surface area (Å²) >= 11 is 0. The lowest BCUT2D eigenvalue weighted by atomic mass is 9.96. The predicted molar refractivity (Wildman–Crippen MR) is 98.6 cm³/mol. The second-order valence-electron chi connectivity index (χ2n) is 6.80.